The zero-order chi connectivity index (χ0) is 12.4. The molecular formula is C14H17N3O. The Hall–Kier alpha value is -1.81. The standard InChI is InChI=1S/C14H17N3O/c18-17-14(12-4-2-1-3-5-12)13(10-16-17)11-6-8-15-9-7-11/h1-5,10-11,15,18H,6-9H2. The molecule has 1 saturated heterocycles. The molecule has 2 N–H and O–H groups in total. The normalized spacial score (nSPS) is 16.9. The molecule has 0 spiro atoms. The fourth-order valence-corrected chi connectivity index (χ4v) is 2.66. The Kier molecular flexibility index (Phi) is 3.02. The average molecular weight is 243 g/mol. The number of hydrogen-bond donors (Lipinski definition) is 2. The fourth-order valence-electron chi connectivity index (χ4n) is 2.66. The lowest BCUT2D eigenvalue weighted by Crippen LogP contribution is -2.26. The highest BCUT2D eigenvalue weighted by Crippen LogP contribution is 2.33. The summed E-state index contributed by atoms with van der Waals surface area (Å²) in [6.07, 6.45) is 4.01. The van der Waals surface area contributed by atoms with Crippen LogP contribution in [0, 0.1) is 0 Å². The van der Waals surface area contributed by atoms with Crippen molar-refractivity contribution in [2.24, 2.45) is 0 Å². The number of benzene rings is 1. The van der Waals surface area contributed by atoms with E-state index in [9.17, 15) is 5.21 Å². The Morgan fingerprint density at radius 3 is 2.61 bits per heavy atom. The van der Waals surface area contributed by atoms with Crippen LogP contribution in [0.1, 0.15) is 24.3 Å². The lowest BCUT2D eigenvalue weighted by atomic mass is 9.89. The second-order valence-corrected chi connectivity index (χ2v) is 4.73. The van der Waals surface area contributed by atoms with Gasteiger partial charge in [0, 0.05) is 11.1 Å². The molecule has 3 rings (SSSR count). The van der Waals surface area contributed by atoms with Gasteiger partial charge in [0.05, 0.1) is 6.20 Å². The van der Waals surface area contributed by atoms with Gasteiger partial charge in [-0.2, -0.15) is 0 Å². The Bertz CT molecular complexity index is 515. The summed E-state index contributed by atoms with van der Waals surface area (Å²) in [4.78, 5) is 1.01. The highest BCUT2D eigenvalue weighted by Gasteiger charge is 2.22. The number of piperidine rings is 1. The van der Waals surface area contributed by atoms with Crippen molar-refractivity contribution < 1.29 is 5.21 Å². The van der Waals surface area contributed by atoms with Gasteiger partial charge in [-0.25, -0.2) is 0 Å². The molecule has 1 fully saturated rings. The number of nitrogens with zero attached hydrogens (tertiary/aromatic N) is 2. The van der Waals surface area contributed by atoms with E-state index in [1.807, 2.05) is 30.3 Å². The van der Waals surface area contributed by atoms with Gasteiger partial charge < -0.3 is 10.5 Å². The summed E-state index contributed by atoms with van der Waals surface area (Å²) in [5, 5.41) is 17.3. The third-order valence-corrected chi connectivity index (χ3v) is 3.61. The van der Waals surface area contributed by atoms with Crippen LogP contribution in [0.25, 0.3) is 11.3 Å². The number of aromatic nitrogens is 2. The SMILES string of the molecule is On1ncc(C2CCNCC2)c1-c1ccccc1. The van der Waals surface area contributed by atoms with Crippen molar-refractivity contribution >= 4 is 0 Å². The third-order valence-electron chi connectivity index (χ3n) is 3.61. The van der Waals surface area contributed by atoms with E-state index in [2.05, 4.69) is 10.4 Å². The quantitative estimate of drug-likeness (QED) is 0.795. The van der Waals surface area contributed by atoms with Gasteiger partial charge in [0.15, 0.2) is 0 Å². The van der Waals surface area contributed by atoms with Gasteiger partial charge >= 0.3 is 0 Å². The predicted octanol–water partition coefficient (Wildman–Crippen LogP) is 2.25. The fraction of sp³-hybridized carbons (Fsp3) is 0.357. The van der Waals surface area contributed by atoms with Crippen molar-refractivity contribution in [3.8, 4) is 11.3 Å². The molecule has 0 atom stereocenters. The minimum atomic E-state index is 0.488. The van der Waals surface area contributed by atoms with Crippen LogP contribution in [0.2, 0.25) is 0 Å². The van der Waals surface area contributed by atoms with E-state index in [0.717, 1.165) is 47.6 Å². The summed E-state index contributed by atoms with van der Waals surface area (Å²) in [5.41, 5.74) is 3.01. The lowest BCUT2D eigenvalue weighted by Gasteiger charge is -2.22. The van der Waals surface area contributed by atoms with E-state index in [0.29, 0.717) is 5.92 Å². The lowest BCUT2D eigenvalue weighted by molar-refractivity contribution is 0.153. The second-order valence-electron chi connectivity index (χ2n) is 4.73. The third kappa shape index (κ3) is 1.99. The molecule has 4 nitrogen and oxygen atoms in total. The first kappa shape index (κ1) is 11.3. The summed E-state index contributed by atoms with van der Waals surface area (Å²) < 4.78 is 0. The summed E-state index contributed by atoms with van der Waals surface area (Å²) in [6, 6.07) is 9.96. The van der Waals surface area contributed by atoms with Crippen LogP contribution < -0.4 is 5.32 Å². The van der Waals surface area contributed by atoms with Crippen molar-refractivity contribution in [1.82, 2.24) is 15.3 Å². The van der Waals surface area contributed by atoms with E-state index in [1.165, 1.54) is 0 Å². The molecule has 1 aromatic heterocycles. The molecule has 1 aliphatic rings. The number of rotatable bonds is 2. The van der Waals surface area contributed by atoms with Gasteiger partial charge in [0.1, 0.15) is 5.69 Å². The summed E-state index contributed by atoms with van der Waals surface area (Å²) in [7, 11) is 0. The maximum Gasteiger partial charge on any atom is 0.113 e. The van der Waals surface area contributed by atoms with Gasteiger partial charge in [0.2, 0.25) is 0 Å². The van der Waals surface area contributed by atoms with Gasteiger partial charge in [-0.3, -0.25) is 0 Å². The summed E-state index contributed by atoms with van der Waals surface area (Å²) in [6.45, 7) is 2.07. The molecule has 94 valence electrons. The molecule has 2 heterocycles. The largest absolute Gasteiger partial charge is 0.411 e. The number of hydrogen-bond acceptors (Lipinski definition) is 3. The maximum absolute atomic E-state index is 9.91. The van der Waals surface area contributed by atoms with Crippen LogP contribution in [0.5, 0.6) is 0 Å². The molecule has 2 aromatic rings. The highest BCUT2D eigenvalue weighted by molar-refractivity contribution is 5.63. The summed E-state index contributed by atoms with van der Waals surface area (Å²) in [5.74, 6) is 0.488. The van der Waals surface area contributed by atoms with Gasteiger partial charge in [0.25, 0.3) is 0 Å². The van der Waals surface area contributed by atoms with Crippen LogP contribution in [-0.2, 0) is 0 Å². The van der Waals surface area contributed by atoms with Crippen molar-refractivity contribution in [3.05, 3.63) is 42.1 Å². The second kappa shape index (κ2) is 4.82. The van der Waals surface area contributed by atoms with Crippen LogP contribution >= 0.6 is 0 Å². The Labute approximate surface area is 106 Å². The van der Waals surface area contributed by atoms with E-state index in [-0.39, 0.29) is 0 Å². The van der Waals surface area contributed by atoms with Gasteiger partial charge in [-0.1, -0.05) is 30.3 Å². The monoisotopic (exact) mass is 243 g/mol. The minimum absolute atomic E-state index is 0.488. The first-order valence-corrected chi connectivity index (χ1v) is 6.39. The first-order chi connectivity index (χ1) is 8.86. The van der Waals surface area contributed by atoms with Crippen molar-refractivity contribution in [1.29, 1.82) is 0 Å². The van der Waals surface area contributed by atoms with Crippen LogP contribution in [-0.4, -0.2) is 28.2 Å². The Morgan fingerprint density at radius 1 is 1.17 bits per heavy atom. The van der Waals surface area contributed by atoms with Crippen LogP contribution in [0.3, 0.4) is 0 Å². The molecule has 1 aromatic carbocycles. The molecule has 1 aliphatic heterocycles. The Balaban J connectivity index is 2.01. The predicted molar refractivity (Wildman–Crippen MR) is 69.7 cm³/mol. The Morgan fingerprint density at radius 2 is 1.89 bits per heavy atom. The van der Waals surface area contributed by atoms with Crippen molar-refractivity contribution in [2.45, 2.75) is 18.8 Å². The molecule has 4 heteroatoms. The van der Waals surface area contributed by atoms with Gasteiger partial charge in [-0.15, -0.1) is 9.94 Å². The highest BCUT2D eigenvalue weighted by atomic mass is 16.5. The maximum atomic E-state index is 9.91. The smallest absolute Gasteiger partial charge is 0.113 e. The number of nitrogens with one attached hydrogen (secondary N) is 1. The van der Waals surface area contributed by atoms with Crippen LogP contribution in [0.15, 0.2) is 36.5 Å². The van der Waals surface area contributed by atoms with E-state index in [1.54, 1.807) is 6.20 Å². The van der Waals surface area contributed by atoms with E-state index in [4.69, 9.17) is 0 Å². The molecule has 0 unspecified atom stereocenters. The molecule has 0 amide bonds. The van der Waals surface area contributed by atoms with Crippen molar-refractivity contribution in [2.75, 3.05) is 13.1 Å². The zero-order valence-corrected chi connectivity index (χ0v) is 10.2. The molecule has 0 saturated carbocycles. The van der Waals surface area contributed by atoms with E-state index < -0.39 is 0 Å². The van der Waals surface area contributed by atoms with E-state index >= 15 is 0 Å². The molecular weight excluding hydrogens is 226 g/mol. The minimum Gasteiger partial charge on any atom is -0.411 e. The average Bonchev–Trinajstić information content (AvgIpc) is 2.83. The van der Waals surface area contributed by atoms with Crippen molar-refractivity contribution in [3.63, 3.8) is 0 Å². The van der Waals surface area contributed by atoms with Gasteiger partial charge in [-0.05, 0) is 31.8 Å². The molecule has 0 bridgehead atoms. The first-order valence-electron chi connectivity index (χ1n) is 6.39. The molecule has 18 heavy (non-hydrogen) atoms. The van der Waals surface area contributed by atoms with Crippen LogP contribution in [0.4, 0.5) is 0 Å². The zero-order valence-electron chi connectivity index (χ0n) is 10.2. The molecule has 0 radical (unpaired) electrons. The molecule has 0 aliphatic carbocycles. The topological polar surface area (TPSA) is 50.1 Å². The summed E-state index contributed by atoms with van der Waals surface area (Å²) >= 11 is 0.